The van der Waals surface area contributed by atoms with Gasteiger partial charge in [0.15, 0.2) is 6.04 Å². The van der Waals surface area contributed by atoms with Crippen molar-refractivity contribution in [2.45, 2.75) is 31.8 Å². The van der Waals surface area contributed by atoms with Crippen LogP contribution in [0.5, 0.6) is 5.75 Å². The highest BCUT2D eigenvalue weighted by atomic mass is 35.5. The van der Waals surface area contributed by atoms with Gasteiger partial charge in [0.1, 0.15) is 18.4 Å². The van der Waals surface area contributed by atoms with Gasteiger partial charge in [-0.2, -0.15) is 0 Å². The fourth-order valence-electron chi connectivity index (χ4n) is 3.16. The minimum atomic E-state index is -1.20. The summed E-state index contributed by atoms with van der Waals surface area (Å²) in [5, 5.41) is 0.247. The van der Waals surface area contributed by atoms with Crippen LogP contribution in [0.3, 0.4) is 0 Å². The standard InChI is InChI=1S/C21H21ClN2O6/c1-12(25)30-20-17(23)19(26)24(20)18(14-8-9-16(28-2)15(22)10-14)21(27)29-11-13-6-4-3-5-7-13/h3-10,17-18,20H,11,23H2,1-2H3. The molecule has 30 heavy (non-hydrogen) atoms. The topological polar surface area (TPSA) is 108 Å². The first-order valence-electron chi connectivity index (χ1n) is 9.12. The number of halogens is 1. The van der Waals surface area contributed by atoms with Gasteiger partial charge in [-0.05, 0) is 23.3 Å². The molecule has 1 heterocycles. The second-order valence-electron chi connectivity index (χ2n) is 6.66. The summed E-state index contributed by atoms with van der Waals surface area (Å²) in [6.07, 6.45) is -1.09. The molecule has 8 nitrogen and oxygen atoms in total. The van der Waals surface area contributed by atoms with E-state index in [1.165, 1.54) is 20.1 Å². The number of hydrogen-bond donors (Lipinski definition) is 1. The van der Waals surface area contributed by atoms with Gasteiger partial charge < -0.3 is 19.9 Å². The van der Waals surface area contributed by atoms with Gasteiger partial charge in [-0.3, -0.25) is 14.5 Å². The quantitative estimate of drug-likeness (QED) is 0.527. The number of carbonyl (C=O) groups is 3. The molecule has 2 aromatic carbocycles. The Morgan fingerprint density at radius 3 is 2.50 bits per heavy atom. The maximum atomic E-state index is 13.0. The van der Waals surface area contributed by atoms with E-state index in [2.05, 4.69) is 0 Å². The largest absolute Gasteiger partial charge is 0.495 e. The van der Waals surface area contributed by atoms with Crippen molar-refractivity contribution >= 4 is 29.4 Å². The number of rotatable bonds is 7. The molecule has 1 amide bonds. The lowest BCUT2D eigenvalue weighted by molar-refractivity contribution is -0.199. The Morgan fingerprint density at radius 2 is 1.90 bits per heavy atom. The number of nitrogens with zero attached hydrogens (tertiary/aromatic N) is 1. The van der Waals surface area contributed by atoms with Crippen molar-refractivity contribution in [2.24, 2.45) is 5.73 Å². The van der Waals surface area contributed by atoms with E-state index in [1.54, 1.807) is 24.3 Å². The predicted octanol–water partition coefficient (Wildman–Crippen LogP) is 2.19. The maximum Gasteiger partial charge on any atom is 0.334 e. The first-order valence-corrected chi connectivity index (χ1v) is 9.50. The summed E-state index contributed by atoms with van der Waals surface area (Å²) in [5.74, 6) is -1.48. The molecule has 1 aliphatic rings. The fraction of sp³-hybridized carbons (Fsp3) is 0.286. The van der Waals surface area contributed by atoms with Crippen LogP contribution in [-0.4, -0.2) is 42.1 Å². The lowest BCUT2D eigenvalue weighted by Gasteiger charge is -2.47. The Hall–Kier alpha value is -3.10. The molecule has 0 saturated carbocycles. The Kier molecular flexibility index (Phi) is 6.59. The van der Waals surface area contributed by atoms with E-state index in [0.29, 0.717) is 11.3 Å². The zero-order valence-corrected chi connectivity index (χ0v) is 17.2. The molecule has 1 aliphatic heterocycles. The van der Waals surface area contributed by atoms with E-state index in [-0.39, 0.29) is 11.6 Å². The van der Waals surface area contributed by atoms with E-state index >= 15 is 0 Å². The first-order chi connectivity index (χ1) is 14.3. The highest BCUT2D eigenvalue weighted by Gasteiger charge is 2.53. The first kappa shape index (κ1) is 21.6. The monoisotopic (exact) mass is 432 g/mol. The number of esters is 2. The molecule has 1 fully saturated rings. The minimum absolute atomic E-state index is 0.00633. The number of likely N-dealkylation sites (tertiary alicyclic amines) is 1. The number of nitrogens with two attached hydrogens (primary N) is 1. The van der Waals surface area contributed by atoms with Crippen LogP contribution in [0.2, 0.25) is 5.02 Å². The number of methoxy groups -OCH3 is 1. The number of ether oxygens (including phenoxy) is 3. The van der Waals surface area contributed by atoms with Crippen molar-refractivity contribution in [2.75, 3.05) is 7.11 Å². The summed E-state index contributed by atoms with van der Waals surface area (Å²) in [7, 11) is 1.46. The van der Waals surface area contributed by atoms with Gasteiger partial charge in [0, 0.05) is 6.92 Å². The van der Waals surface area contributed by atoms with Crippen molar-refractivity contribution in [3.05, 3.63) is 64.7 Å². The summed E-state index contributed by atoms with van der Waals surface area (Å²) in [6.45, 7) is 1.20. The molecule has 9 heteroatoms. The maximum absolute atomic E-state index is 13.0. The fourth-order valence-corrected chi connectivity index (χ4v) is 3.42. The third-order valence-electron chi connectivity index (χ3n) is 4.62. The van der Waals surface area contributed by atoms with Crippen LogP contribution in [0.15, 0.2) is 48.5 Å². The van der Waals surface area contributed by atoms with E-state index in [9.17, 15) is 14.4 Å². The molecule has 0 aromatic heterocycles. The molecule has 0 radical (unpaired) electrons. The molecule has 158 valence electrons. The normalized spacial score (nSPS) is 18.9. The third kappa shape index (κ3) is 4.39. The zero-order valence-electron chi connectivity index (χ0n) is 16.4. The highest BCUT2D eigenvalue weighted by molar-refractivity contribution is 6.32. The van der Waals surface area contributed by atoms with Crippen molar-refractivity contribution in [1.29, 1.82) is 0 Å². The number of amides is 1. The third-order valence-corrected chi connectivity index (χ3v) is 4.92. The SMILES string of the molecule is COc1ccc(C(C(=O)OCc2ccccc2)N2C(=O)C(N)C2OC(C)=O)cc1Cl. The van der Waals surface area contributed by atoms with Crippen LogP contribution in [-0.2, 0) is 30.5 Å². The molecule has 2 aromatic rings. The van der Waals surface area contributed by atoms with Crippen LogP contribution in [0, 0.1) is 0 Å². The molecule has 0 aliphatic carbocycles. The van der Waals surface area contributed by atoms with Crippen molar-refractivity contribution in [3.8, 4) is 5.75 Å². The summed E-state index contributed by atoms with van der Waals surface area (Å²) >= 11 is 6.21. The molecule has 0 bridgehead atoms. The summed E-state index contributed by atoms with van der Waals surface area (Å²) < 4.78 is 15.7. The van der Waals surface area contributed by atoms with Crippen molar-refractivity contribution in [1.82, 2.24) is 4.90 Å². The van der Waals surface area contributed by atoms with Crippen LogP contribution in [0.25, 0.3) is 0 Å². The smallest absolute Gasteiger partial charge is 0.334 e. The van der Waals surface area contributed by atoms with Gasteiger partial charge in [0.05, 0.1) is 12.1 Å². The average Bonchev–Trinajstić information content (AvgIpc) is 2.74. The molecular formula is C21H21ClN2O6. The molecule has 0 spiro atoms. The molecular weight excluding hydrogens is 412 g/mol. The second-order valence-corrected chi connectivity index (χ2v) is 7.07. The number of hydrogen-bond acceptors (Lipinski definition) is 7. The van der Waals surface area contributed by atoms with E-state index in [0.717, 1.165) is 10.5 Å². The van der Waals surface area contributed by atoms with E-state index in [4.69, 9.17) is 31.5 Å². The molecule has 3 atom stereocenters. The van der Waals surface area contributed by atoms with E-state index < -0.39 is 36.2 Å². The van der Waals surface area contributed by atoms with Crippen LogP contribution in [0.4, 0.5) is 0 Å². The van der Waals surface area contributed by atoms with Gasteiger partial charge in [-0.1, -0.05) is 48.0 Å². The average molecular weight is 433 g/mol. The van der Waals surface area contributed by atoms with E-state index in [1.807, 2.05) is 18.2 Å². The van der Waals surface area contributed by atoms with Crippen LogP contribution < -0.4 is 10.5 Å². The van der Waals surface area contributed by atoms with Crippen LogP contribution >= 0.6 is 11.6 Å². The second kappa shape index (κ2) is 9.15. The number of carbonyl (C=O) groups excluding carboxylic acids is 3. The highest BCUT2D eigenvalue weighted by Crippen LogP contribution is 2.36. The zero-order chi connectivity index (χ0) is 21.8. The number of β-lactam (4-membered cyclic amide) rings is 1. The van der Waals surface area contributed by atoms with Gasteiger partial charge >= 0.3 is 11.9 Å². The molecule has 3 rings (SSSR count). The lowest BCUT2D eigenvalue weighted by atomic mass is 9.96. The molecule has 2 N–H and O–H groups in total. The Morgan fingerprint density at radius 1 is 1.20 bits per heavy atom. The van der Waals surface area contributed by atoms with Gasteiger partial charge in [-0.25, -0.2) is 4.79 Å². The molecule has 1 saturated heterocycles. The van der Waals surface area contributed by atoms with Gasteiger partial charge in [-0.15, -0.1) is 0 Å². The summed E-state index contributed by atoms with van der Waals surface area (Å²) in [5.41, 5.74) is 6.94. The summed E-state index contributed by atoms with van der Waals surface area (Å²) in [4.78, 5) is 38.1. The Labute approximate surface area is 178 Å². The predicted molar refractivity (Wildman–Crippen MR) is 107 cm³/mol. The van der Waals surface area contributed by atoms with Crippen molar-refractivity contribution in [3.63, 3.8) is 0 Å². The van der Waals surface area contributed by atoms with Gasteiger partial charge in [0.25, 0.3) is 0 Å². The molecule has 3 unspecified atom stereocenters. The number of benzene rings is 2. The van der Waals surface area contributed by atoms with Gasteiger partial charge in [0.2, 0.25) is 12.1 Å². The Bertz CT molecular complexity index is 952. The Balaban J connectivity index is 1.92. The van der Waals surface area contributed by atoms with Crippen molar-refractivity contribution < 1.29 is 28.6 Å². The minimum Gasteiger partial charge on any atom is -0.495 e. The lowest BCUT2D eigenvalue weighted by Crippen LogP contribution is -2.71. The van der Waals surface area contributed by atoms with Crippen LogP contribution in [0.1, 0.15) is 24.1 Å². The summed E-state index contributed by atoms with van der Waals surface area (Å²) in [6, 6.07) is 11.5.